The van der Waals surface area contributed by atoms with Crippen LogP contribution in [0.5, 0.6) is 11.5 Å². The number of nitrogens with one attached hydrogen (secondary N) is 2. The van der Waals surface area contributed by atoms with Gasteiger partial charge in [-0.2, -0.15) is 4.68 Å². The lowest BCUT2D eigenvalue weighted by Crippen LogP contribution is -2.31. The second-order valence-corrected chi connectivity index (χ2v) is 9.84. The number of carbonyl (C=O) groups is 1. The van der Waals surface area contributed by atoms with E-state index in [2.05, 4.69) is 26.2 Å². The maximum absolute atomic E-state index is 13.6. The summed E-state index contributed by atoms with van der Waals surface area (Å²) in [5, 5.41) is 19.3. The van der Waals surface area contributed by atoms with Gasteiger partial charge in [-0.05, 0) is 78.7 Å². The molecule has 0 radical (unpaired) electrons. The van der Waals surface area contributed by atoms with Gasteiger partial charge in [0.05, 0.1) is 12.2 Å². The Balaban J connectivity index is 1.49. The molecule has 1 atom stereocenters. The van der Waals surface area contributed by atoms with Crippen molar-refractivity contribution in [2.45, 2.75) is 33.4 Å². The van der Waals surface area contributed by atoms with Gasteiger partial charge in [0.2, 0.25) is 5.95 Å². The third-order valence-electron chi connectivity index (χ3n) is 6.22. The minimum Gasteiger partial charge on any atom is -0.490 e. The SMILES string of the molecule is CCOc1cc(C2C(C(=O)Nc3cccc(C)c3)=C(C)Nc3nnnn32)ccc1OCc1ccc(Cl)cc1Cl. The molecule has 0 saturated heterocycles. The van der Waals surface area contributed by atoms with Crippen LogP contribution in [0.1, 0.15) is 36.6 Å². The number of hydrogen-bond donors (Lipinski definition) is 2. The van der Waals surface area contributed by atoms with Crippen LogP contribution in [0.15, 0.2) is 71.9 Å². The third kappa shape index (κ3) is 5.69. The summed E-state index contributed by atoms with van der Waals surface area (Å²) in [6, 6.07) is 17.8. The van der Waals surface area contributed by atoms with Crippen LogP contribution in [0.3, 0.4) is 0 Å². The Hall–Kier alpha value is -4.08. The Labute approximate surface area is 235 Å². The molecule has 200 valence electrons. The van der Waals surface area contributed by atoms with Crippen LogP contribution >= 0.6 is 23.2 Å². The smallest absolute Gasteiger partial charge is 0.255 e. The number of aromatic nitrogens is 4. The first-order valence-corrected chi connectivity index (χ1v) is 13.1. The fourth-order valence-corrected chi connectivity index (χ4v) is 4.88. The Morgan fingerprint density at radius 3 is 2.67 bits per heavy atom. The van der Waals surface area contributed by atoms with Crippen LogP contribution in [0.4, 0.5) is 11.6 Å². The Bertz CT molecular complexity index is 1570. The van der Waals surface area contributed by atoms with Gasteiger partial charge in [0.25, 0.3) is 5.91 Å². The molecule has 1 aliphatic heterocycles. The van der Waals surface area contributed by atoms with Gasteiger partial charge in [0.15, 0.2) is 11.5 Å². The average molecular weight is 565 g/mol. The molecule has 39 heavy (non-hydrogen) atoms. The molecule has 0 saturated carbocycles. The highest BCUT2D eigenvalue weighted by Crippen LogP contribution is 2.39. The molecule has 1 amide bonds. The second kappa shape index (κ2) is 11.3. The zero-order valence-corrected chi connectivity index (χ0v) is 23.0. The first-order valence-electron chi connectivity index (χ1n) is 12.3. The summed E-state index contributed by atoms with van der Waals surface area (Å²) in [5.74, 6) is 1.21. The van der Waals surface area contributed by atoms with Crippen molar-refractivity contribution in [1.29, 1.82) is 0 Å². The largest absolute Gasteiger partial charge is 0.490 e. The van der Waals surface area contributed by atoms with Crippen molar-refractivity contribution in [3.05, 3.63) is 98.7 Å². The lowest BCUT2D eigenvalue weighted by molar-refractivity contribution is -0.113. The molecule has 1 aliphatic rings. The number of benzene rings is 3. The zero-order valence-electron chi connectivity index (χ0n) is 21.5. The molecule has 0 spiro atoms. The lowest BCUT2D eigenvalue weighted by Gasteiger charge is -2.28. The Morgan fingerprint density at radius 1 is 1.05 bits per heavy atom. The summed E-state index contributed by atoms with van der Waals surface area (Å²) in [7, 11) is 0. The van der Waals surface area contributed by atoms with E-state index in [9.17, 15) is 4.79 Å². The summed E-state index contributed by atoms with van der Waals surface area (Å²) in [6.07, 6.45) is 0. The van der Waals surface area contributed by atoms with Crippen molar-refractivity contribution >= 4 is 40.7 Å². The first kappa shape index (κ1) is 26.5. The van der Waals surface area contributed by atoms with Crippen molar-refractivity contribution in [3.63, 3.8) is 0 Å². The lowest BCUT2D eigenvalue weighted by atomic mass is 9.94. The monoisotopic (exact) mass is 564 g/mol. The van der Waals surface area contributed by atoms with Gasteiger partial charge in [0, 0.05) is 27.0 Å². The molecular weight excluding hydrogens is 539 g/mol. The molecule has 1 aromatic heterocycles. The van der Waals surface area contributed by atoms with E-state index in [1.165, 1.54) is 0 Å². The molecule has 2 N–H and O–H groups in total. The number of rotatable bonds is 8. The van der Waals surface area contributed by atoms with Gasteiger partial charge in [0.1, 0.15) is 12.6 Å². The van der Waals surface area contributed by atoms with Gasteiger partial charge in [-0.1, -0.05) is 52.6 Å². The average Bonchev–Trinajstić information content (AvgIpc) is 3.36. The predicted octanol–water partition coefficient (Wildman–Crippen LogP) is 6.19. The molecule has 0 bridgehead atoms. The van der Waals surface area contributed by atoms with Gasteiger partial charge >= 0.3 is 0 Å². The quantitative estimate of drug-likeness (QED) is 0.263. The van der Waals surface area contributed by atoms with Crippen molar-refractivity contribution in [2.24, 2.45) is 0 Å². The first-order chi connectivity index (χ1) is 18.8. The number of aryl methyl sites for hydroxylation is 1. The standard InChI is InChI=1S/C28H26Cl2N6O3/c1-4-38-24-13-18(9-11-23(24)39-15-19-8-10-20(29)14-22(19)30)26-25(17(3)31-28-33-34-35-36(26)28)27(37)32-21-7-5-6-16(2)12-21/h5-14,26H,4,15H2,1-3H3,(H,32,37)(H,31,33,35). The van der Waals surface area contributed by atoms with E-state index < -0.39 is 6.04 Å². The molecular formula is C28H26Cl2N6O3. The summed E-state index contributed by atoms with van der Waals surface area (Å²) >= 11 is 12.3. The normalized spacial score (nSPS) is 14.4. The zero-order chi connectivity index (χ0) is 27.5. The fraction of sp³-hybridized carbons (Fsp3) is 0.214. The van der Waals surface area contributed by atoms with E-state index in [-0.39, 0.29) is 12.5 Å². The molecule has 1 unspecified atom stereocenters. The van der Waals surface area contributed by atoms with Gasteiger partial charge in [-0.15, -0.1) is 0 Å². The molecule has 3 aromatic carbocycles. The number of ether oxygens (including phenoxy) is 2. The molecule has 0 aliphatic carbocycles. The molecule has 0 fully saturated rings. The topological polar surface area (TPSA) is 103 Å². The number of allylic oxidation sites excluding steroid dienone is 1. The molecule has 9 nitrogen and oxygen atoms in total. The molecule has 2 heterocycles. The molecule has 5 rings (SSSR count). The number of halogens is 2. The summed E-state index contributed by atoms with van der Waals surface area (Å²) < 4.78 is 13.6. The minimum atomic E-state index is -0.611. The van der Waals surface area contributed by atoms with E-state index in [4.69, 9.17) is 32.7 Å². The van der Waals surface area contributed by atoms with Crippen molar-refractivity contribution in [1.82, 2.24) is 20.2 Å². The van der Waals surface area contributed by atoms with Gasteiger partial charge in [-0.3, -0.25) is 4.79 Å². The summed E-state index contributed by atoms with van der Waals surface area (Å²) in [5.41, 5.74) is 4.39. The van der Waals surface area contributed by atoms with Crippen LogP contribution in [-0.4, -0.2) is 32.7 Å². The van der Waals surface area contributed by atoms with E-state index in [1.54, 1.807) is 16.8 Å². The van der Waals surface area contributed by atoms with E-state index in [0.29, 0.717) is 51.1 Å². The number of fused-ring (bicyclic) bond motifs is 1. The number of tetrazole rings is 1. The summed E-state index contributed by atoms with van der Waals surface area (Å²) in [4.78, 5) is 13.6. The van der Waals surface area contributed by atoms with Crippen molar-refractivity contribution in [3.8, 4) is 11.5 Å². The molecule has 11 heteroatoms. The fourth-order valence-electron chi connectivity index (χ4n) is 4.41. The Morgan fingerprint density at radius 2 is 1.90 bits per heavy atom. The summed E-state index contributed by atoms with van der Waals surface area (Å²) in [6.45, 7) is 6.33. The van der Waals surface area contributed by atoms with Crippen LogP contribution in [-0.2, 0) is 11.4 Å². The number of carbonyl (C=O) groups excluding carboxylic acids is 1. The van der Waals surface area contributed by atoms with Crippen LogP contribution < -0.4 is 20.1 Å². The Kier molecular flexibility index (Phi) is 7.72. The second-order valence-electron chi connectivity index (χ2n) is 9.00. The highest BCUT2D eigenvalue weighted by atomic mass is 35.5. The van der Waals surface area contributed by atoms with Gasteiger partial charge in [-0.25, -0.2) is 0 Å². The number of hydrogen-bond acceptors (Lipinski definition) is 7. The van der Waals surface area contributed by atoms with Crippen molar-refractivity contribution in [2.75, 3.05) is 17.2 Å². The number of anilines is 2. The van der Waals surface area contributed by atoms with E-state index in [0.717, 1.165) is 16.7 Å². The van der Waals surface area contributed by atoms with Crippen LogP contribution in [0.2, 0.25) is 10.0 Å². The third-order valence-corrected chi connectivity index (χ3v) is 6.80. The highest BCUT2D eigenvalue weighted by molar-refractivity contribution is 6.35. The number of nitrogens with zero attached hydrogens (tertiary/aromatic N) is 4. The van der Waals surface area contributed by atoms with Crippen LogP contribution in [0.25, 0.3) is 0 Å². The molecule has 4 aromatic rings. The highest BCUT2D eigenvalue weighted by Gasteiger charge is 2.34. The van der Waals surface area contributed by atoms with Gasteiger partial charge < -0.3 is 20.1 Å². The van der Waals surface area contributed by atoms with Crippen molar-refractivity contribution < 1.29 is 14.3 Å². The number of amides is 1. The van der Waals surface area contributed by atoms with E-state index >= 15 is 0 Å². The maximum atomic E-state index is 13.6. The maximum Gasteiger partial charge on any atom is 0.255 e. The predicted molar refractivity (Wildman–Crippen MR) is 150 cm³/mol. The van der Waals surface area contributed by atoms with E-state index in [1.807, 2.05) is 69.3 Å². The van der Waals surface area contributed by atoms with Crippen LogP contribution in [0, 0.1) is 6.92 Å². The minimum absolute atomic E-state index is 0.225.